The van der Waals surface area contributed by atoms with Gasteiger partial charge in [-0.3, -0.25) is 4.79 Å². The normalized spacial score (nSPS) is 11.0. The summed E-state index contributed by atoms with van der Waals surface area (Å²) in [5, 5.41) is 13.2. The van der Waals surface area contributed by atoms with Crippen molar-refractivity contribution in [1.82, 2.24) is 0 Å². The van der Waals surface area contributed by atoms with Gasteiger partial charge >= 0.3 is 0 Å². The van der Waals surface area contributed by atoms with Crippen molar-refractivity contribution in [3.05, 3.63) is 98.8 Å². The SMILES string of the molecule is Cc1c(Cl)cccc1NC(=O)/C(C#N)=C/c1cc(Cl)ccc1OCc1ccc(F)cc1. The van der Waals surface area contributed by atoms with Crippen LogP contribution in [0.3, 0.4) is 0 Å². The Balaban J connectivity index is 1.84. The summed E-state index contributed by atoms with van der Waals surface area (Å²) in [5.74, 6) is -0.496. The van der Waals surface area contributed by atoms with Crippen molar-refractivity contribution >= 4 is 40.9 Å². The fraction of sp³-hybridized carbons (Fsp3) is 0.0833. The standard InChI is InChI=1S/C24H17Cl2FN2O2/c1-15-21(26)3-2-4-22(15)29-24(30)18(13-28)11-17-12-19(25)7-10-23(17)31-14-16-5-8-20(27)9-6-16/h2-12H,14H2,1H3,(H,29,30)/b18-11+. The number of anilines is 1. The summed E-state index contributed by atoms with van der Waals surface area (Å²) in [6, 6.07) is 17.8. The molecule has 0 atom stereocenters. The number of halogens is 3. The average molecular weight is 455 g/mol. The summed E-state index contributed by atoms with van der Waals surface area (Å²) in [7, 11) is 0. The van der Waals surface area contributed by atoms with Crippen molar-refractivity contribution in [3.63, 3.8) is 0 Å². The van der Waals surface area contributed by atoms with E-state index in [4.69, 9.17) is 27.9 Å². The Hall–Kier alpha value is -3.33. The molecule has 0 heterocycles. The molecule has 31 heavy (non-hydrogen) atoms. The Kier molecular flexibility index (Phi) is 7.30. The number of benzene rings is 3. The molecular formula is C24H17Cl2FN2O2. The maximum atomic E-state index is 13.1. The molecule has 4 nitrogen and oxygen atoms in total. The molecule has 0 spiro atoms. The van der Waals surface area contributed by atoms with Gasteiger partial charge in [0.1, 0.15) is 29.8 Å². The van der Waals surface area contributed by atoms with E-state index in [0.717, 1.165) is 5.56 Å². The van der Waals surface area contributed by atoms with Crippen LogP contribution >= 0.6 is 23.2 Å². The molecule has 0 saturated heterocycles. The number of carbonyl (C=O) groups is 1. The van der Waals surface area contributed by atoms with Crippen molar-refractivity contribution in [2.45, 2.75) is 13.5 Å². The predicted octanol–water partition coefficient (Wildman–Crippen LogP) is 6.57. The maximum Gasteiger partial charge on any atom is 0.266 e. The quantitative estimate of drug-likeness (QED) is 0.338. The van der Waals surface area contributed by atoms with Crippen LogP contribution in [0.1, 0.15) is 16.7 Å². The first-order valence-corrected chi connectivity index (χ1v) is 9.98. The number of nitrogens with zero attached hydrogens (tertiary/aromatic N) is 1. The van der Waals surface area contributed by atoms with Crippen LogP contribution < -0.4 is 10.1 Å². The van der Waals surface area contributed by atoms with Gasteiger partial charge in [-0.1, -0.05) is 41.4 Å². The molecule has 3 aromatic rings. The number of rotatable bonds is 6. The molecule has 1 amide bonds. The van der Waals surface area contributed by atoms with Gasteiger partial charge in [-0.15, -0.1) is 0 Å². The summed E-state index contributed by atoms with van der Waals surface area (Å²) in [6.45, 7) is 1.95. The molecule has 0 aliphatic carbocycles. The monoisotopic (exact) mass is 454 g/mol. The van der Waals surface area contributed by atoms with Gasteiger partial charge in [-0.2, -0.15) is 5.26 Å². The van der Waals surface area contributed by atoms with E-state index in [9.17, 15) is 14.4 Å². The van der Waals surface area contributed by atoms with Crippen LogP contribution in [0.25, 0.3) is 6.08 Å². The highest BCUT2D eigenvalue weighted by atomic mass is 35.5. The van der Waals surface area contributed by atoms with Crippen molar-refractivity contribution in [2.75, 3.05) is 5.32 Å². The Morgan fingerprint density at radius 1 is 1.16 bits per heavy atom. The Bertz CT molecular complexity index is 1190. The highest BCUT2D eigenvalue weighted by molar-refractivity contribution is 6.32. The van der Waals surface area contributed by atoms with Crippen LogP contribution in [0.15, 0.2) is 66.2 Å². The maximum absolute atomic E-state index is 13.1. The first-order chi connectivity index (χ1) is 14.9. The zero-order valence-electron chi connectivity index (χ0n) is 16.5. The van der Waals surface area contributed by atoms with Crippen LogP contribution in [0.2, 0.25) is 10.0 Å². The van der Waals surface area contributed by atoms with Crippen molar-refractivity contribution < 1.29 is 13.9 Å². The van der Waals surface area contributed by atoms with Crippen LogP contribution in [-0.2, 0) is 11.4 Å². The number of hydrogen-bond donors (Lipinski definition) is 1. The minimum Gasteiger partial charge on any atom is -0.488 e. The first kappa shape index (κ1) is 22.4. The zero-order valence-corrected chi connectivity index (χ0v) is 18.0. The van der Waals surface area contributed by atoms with Gasteiger partial charge in [0.15, 0.2) is 0 Å². The van der Waals surface area contributed by atoms with Gasteiger partial charge in [-0.05, 0) is 66.6 Å². The fourth-order valence-electron chi connectivity index (χ4n) is 2.74. The fourth-order valence-corrected chi connectivity index (χ4v) is 3.10. The van der Waals surface area contributed by atoms with E-state index in [-0.39, 0.29) is 18.0 Å². The van der Waals surface area contributed by atoms with Gasteiger partial charge < -0.3 is 10.1 Å². The van der Waals surface area contributed by atoms with Crippen molar-refractivity contribution in [3.8, 4) is 11.8 Å². The number of hydrogen-bond acceptors (Lipinski definition) is 3. The minimum atomic E-state index is -0.586. The largest absolute Gasteiger partial charge is 0.488 e. The number of nitriles is 1. The first-order valence-electron chi connectivity index (χ1n) is 9.22. The number of amides is 1. The molecule has 0 aliphatic rings. The van der Waals surface area contributed by atoms with E-state index in [1.807, 2.05) is 6.07 Å². The molecule has 0 saturated carbocycles. The number of ether oxygens (including phenoxy) is 1. The van der Waals surface area contributed by atoms with Crippen molar-refractivity contribution in [1.29, 1.82) is 5.26 Å². The van der Waals surface area contributed by atoms with E-state index in [2.05, 4.69) is 5.32 Å². The molecule has 0 unspecified atom stereocenters. The van der Waals surface area contributed by atoms with E-state index in [1.165, 1.54) is 18.2 Å². The van der Waals surface area contributed by atoms with Gasteiger partial charge in [0.05, 0.1) is 0 Å². The zero-order chi connectivity index (χ0) is 22.4. The average Bonchev–Trinajstić information content (AvgIpc) is 2.75. The van der Waals surface area contributed by atoms with Crippen LogP contribution in [0, 0.1) is 24.1 Å². The second-order valence-electron chi connectivity index (χ2n) is 6.63. The lowest BCUT2D eigenvalue weighted by Crippen LogP contribution is -2.14. The third-order valence-electron chi connectivity index (χ3n) is 4.46. The molecule has 0 radical (unpaired) electrons. The molecule has 0 aliphatic heterocycles. The summed E-state index contributed by atoms with van der Waals surface area (Å²) >= 11 is 12.2. The van der Waals surface area contributed by atoms with Crippen LogP contribution in [-0.4, -0.2) is 5.91 Å². The number of nitrogens with one attached hydrogen (secondary N) is 1. The van der Waals surface area contributed by atoms with E-state index in [1.54, 1.807) is 55.5 Å². The lowest BCUT2D eigenvalue weighted by molar-refractivity contribution is -0.112. The minimum absolute atomic E-state index is 0.131. The molecule has 0 aromatic heterocycles. The van der Waals surface area contributed by atoms with E-state index < -0.39 is 5.91 Å². The smallest absolute Gasteiger partial charge is 0.266 e. The van der Waals surface area contributed by atoms with Gasteiger partial charge in [0.2, 0.25) is 0 Å². The molecule has 0 bridgehead atoms. The summed E-state index contributed by atoms with van der Waals surface area (Å²) in [5.41, 5.74) is 2.30. The highest BCUT2D eigenvalue weighted by Crippen LogP contribution is 2.27. The highest BCUT2D eigenvalue weighted by Gasteiger charge is 2.14. The molecular weight excluding hydrogens is 438 g/mol. The van der Waals surface area contributed by atoms with Gasteiger partial charge in [0.25, 0.3) is 5.91 Å². The van der Waals surface area contributed by atoms with Crippen LogP contribution in [0.5, 0.6) is 5.75 Å². The second-order valence-corrected chi connectivity index (χ2v) is 7.48. The van der Waals surface area contributed by atoms with E-state index in [0.29, 0.717) is 32.6 Å². The topological polar surface area (TPSA) is 62.1 Å². The Morgan fingerprint density at radius 2 is 1.90 bits per heavy atom. The molecule has 1 N–H and O–H groups in total. The summed E-state index contributed by atoms with van der Waals surface area (Å²) in [6.07, 6.45) is 1.40. The van der Waals surface area contributed by atoms with Crippen molar-refractivity contribution in [2.24, 2.45) is 0 Å². The molecule has 156 valence electrons. The van der Waals surface area contributed by atoms with E-state index >= 15 is 0 Å². The second kappa shape index (κ2) is 10.1. The lowest BCUT2D eigenvalue weighted by atomic mass is 10.1. The molecule has 3 rings (SSSR count). The Labute approximate surface area is 189 Å². The molecule has 7 heteroatoms. The molecule has 0 fully saturated rings. The lowest BCUT2D eigenvalue weighted by Gasteiger charge is -2.11. The summed E-state index contributed by atoms with van der Waals surface area (Å²) in [4.78, 5) is 12.7. The third kappa shape index (κ3) is 5.85. The molecule has 3 aromatic carbocycles. The summed E-state index contributed by atoms with van der Waals surface area (Å²) < 4.78 is 18.9. The van der Waals surface area contributed by atoms with Gasteiger partial charge in [0, 0.05) is 21.3 Å². The Morgan fingerprint density at radius 3 is 2.61 bits per heavy atom. The third-order valence-corrected chi connectivity index (χ3v) is 5.10. The number of carbonyl (C=O) groups excluding carboxylic acids is 1. The predicted molar refractivity (Wildman–Crippen MR) is 121 cm³/mol. The van der Waals surface area contributed by atoms with Gasteiger partial charge in [-0.25, -0.2) is 4.39 Å². The van der Waals surface area contributed by atoms with Crippen LogP contribution in [0.4, 0.5) is 10.1 Å².